The molecule has 4 nitrogen and oxygen atoms in total. The standard InChI is InChI=1S/C8H5N3O/c9-4-5-2-1-3-6-7(5)11-8(10)12-6/h1-3H,(H2,10,11). The van der Waals surface area contributed by atoms with E-state index in [1.165, 1.54) is 0 Å². The number of nitrogen functional groups attached to an aromatic ring is 1. The molecule has 0 spiro atoms. The number of nitriles is 1. The van der Waals surface area contributed by atoms with Crippen molar-refractivity contribution in [3.63, 3.8) is 0 Å². The predicted molar refractivity (Wildman–Crippen MR) is 43.1 cm³/mol. The molecule has 1 aromatic carbocycles. The second-order valence-electron chi connectivity index (χ2n) is 2.32. The molecule has 0 aliphatic heterocycles. The summed E-state index contributed by atoms with van der Waals surface area (Å²) in [6.07, 6.45) is 0. The number of benzene rings is 1. The average molecular weight is 159 g/mol. The molecule has 0 fully saturated rings. The predicted octanol–water partition coefficient (Wildman–Crippen LogP) is 1.28. The lowest BCUT2D eigenvalue weighted by Crippen LogP contribution is -1.82. The molecule has 0 aliphatic carbocycles. The monoisotopic (exact) mass is 159 g/mol. The molecule has 2 aromatic rings. The van der Waals surface area contributed by atoms with Crippen LogP contribution in [0.4, 0.5) is 6.01 Å². The molecule has 12 heavy (non-hydrogen) atoms. The van der Waals surface area contributed by atoms with Crippen LogP contribution in [0.25, 0.3) is 11.1 Å². The lowest BCUT2D eigenvalue weighted by molar-refractivity contribution is 0.626. The number of nitrogens with zero attached hydrogens (tertiary/aromatic N) is 2. The second-order valence-corrected chi connectivity index (χ2v) is 2.32. The van der Waals surface area contributed by atoms with E-state index in [1.54, 1.807) is 18.2 Å². The molecule has 0 saturated carbocycles. The van der Waals surface area contributed by atoms with Gasteiger partial charge in [-0.1, -0.05) is 6.07 Å². The van der Waals surface area contributed by atoms with E-state index in [0.717, 1.165) is 0 Å². The number of anilines is 1. The van der Waals surface area contributed by atoms with Gasteiger partial charge in [-0.2, -0.15) is 10.2 Å². The zero-order valence-corrected chi connectivity index (χ0v) is 6.11. The Labute approximate surface area is 68.2 Å². The van der Waals surface area contributed by atoms with Crippen molar-refractivity contribution in [1.82, 2.24) is 4.98 Å². The van der Waals surface area contributed by atoms with Crippen molar-refractivity contribution in [2.24, 2.45) is 0 Å². The van der Waals surface area contributed by atoms with E-state index >= 15 is 0 Å². The van der Waals surface area contributed by atoms with Gasteiger partial charge in [0.2, 0.25) is 0 Å². The van der Waals surface area contributed by atoms with Crippen molar-refractivity contribution in [3.05, 3.63) is 23.8 Å². The van der Waals surface area contributed by atoms with Gasteiger partial charge in [0, 0.05) is 0 Å². The minimum absolute atomic E-state index is 0.0905. The number of fused-ring (bicyclic) bond motifs is 1. The molecule has 2 N–H and O–H groups in total. The Morgan fingerprint density at radius 2 is 2.33 bits per heavy atom. The summed E-state index contributed by atoms with van der Waals surface area (Å²) in [4.78, 5) is 3.87. The van der Waals surface area contributed by atoms with Crippen LogP contribution >= 0.6 is 0 Å². The van der Waals surface area contributed by atoms with Crippen LogP contribution in [0.3, 0.4) is 0 Å². The van der Waals surface area contributed by atoms with Gasteiger partial charge in [-0.15, -0.1) is 0 Å². The molecule has 4 heteroatoms. The van der Waals surface area contributed by atoms with Gasteiger partial charge in [-0.3, -0.25) is 0 Å². The molecule has 0 bridgehead atoms. The molecule has 1 aromatic heterocycles. The number of hydrogen-bond donors (Lipinski definition) is 1. The Balaban J connectivity index is 2.89. The fraction of sp³-hybridized carbons (Fsp3) is 0. The SMILES string of the molecule is N#Cc1cccc2oc(N)nc12. The molecule has 0 aliphatic rings. The summed E-state index contributed by atoms with van der Waals surface area (Å²) >= 11 is 0. The van der Waals surface area contributed by atoms with Crippen molar-refractivity contribution in [2.45, 2.75) is 0 Å². The van der Waals surface area contributed by atoms with E-state index in [1.807, 2.05) is 6.07 Å². The van der Waals surface area contributed by atoms with Gasteiger partial charge in [0.05, 0.1) is 5.56 Å². The van der Waals surface area contributed by atoms with Gasteiger partial charge in [0.1, 0.15) is 11.6 Å². The number of rotatable bonds is 0. The average Bonchev–Trinajstić information content (AvgIpc) is 2.44. The first-order valence-corrected chi connectivity index (χ1v) is 3.36. The third-order valence-electron chi connectivity index (χ3n) is 1.56. The maximum atomic E-state index is 8.67. The van der Waals surface area contributed by atoms with Crippen LogP contribution in [0.5, 0.6) is 0 Å². The molecule has 58 valence electrons. The zero-order chi connectivity index (χ0) is 8.55. The lowest BCUT2D eigenvalue weighted by Gasteiger charge is -1.86. The van der Waals surface area contributed by atoms with E-state index in [0.29, 0.717) is 16.7 Å². The summed E-state index contributed by atoms with van der Waals surface area (Å²) in [6.45, 7) is 0. The van der Waals surface area contributed by atoms with Crippen molar-refractivity contribution in [1.29, 1.82) is 5.26 Å². The number of para-hydroxylation sites is 1. The molecular formula is C8H5N3O. The lowest BCUT2D eigenvalue weighted by atomic mass is 10.2. The number of aromatic nitrogens is 1. The number of hydrogen-bond acceptors (Lipinski definition) is 4. The van der Waals surface area contributed by atoms with Gasteiger partial charge >= 0.3 is 0 Å². The summed E-state index contributed by atoms with van der Waals surface area (Å²) in [6, 6.07) is 7.22. The van der Waals surface area contributed by atoms with Crippen molar-refractivity contribution >= 4 is 17.1 Å². The second kappa shape index (κ2) is 2.24. The molecule has 0 unspecified atom stereocenters. The van der Waals surface area contributed by atoms with Gasteiger partial charge in [0.15, 0.2) is 5.58 Å². The number of nitrogens with two attached hydrogens (primary N) is 1. The van der Waals surface area contributed by atoms with E-state index in [9.17, 15) is 0 Å². The highest BCUT2D eigenvalue weighted by atomic mass is 16.4. The molecule has 0 atom stereocenters. The highest BCUT2D eigenvalue weighted by Gasteiger charge is 2.05. The topological polar surface area (TPSA) is 75.8 Å². The molecule has 2 rings (SSSR count). The fourth-order valence-electron chi connectivity index (χ4n) is 1.06. The normalized spacial score (nSPS) is 9.92. The third-order valence-corrected chi connectivity index (χ3v) is 1.56. The van der Waals surface area contributed by atoms with Crippen LogP contribution in [0.15, 0.2) is 22.6 Å². The Morgan fingerprint density at radius 3 is 3.08 bits per heavy atom. The van der Waals surface area contributed by atoms with E-state index in [4.69, 9.17) is 15.4 Å². The molecule has 0 radical (unpaired) electrons. The molecule has 0 amide bonds. The van der Waals surface area contributed by atoms with Crippen LogP contribution in [-0.4, -0.2) is 4.98 Å². The van der Waals surface area contributed by atoms with E-state index in [2.05, 4.69) is 4.98 Å². The van der Waals surface area contributed by atoms with Gasteiger partial charge in [0.25, 0.3) is 6.01 Å². The largest absolute Gasteiger partial charge is 0.424 e. The molecule has 1 heterocycles. The Bertz CT molecular complexity index is 467. The number of oxazole rings is 1. The minimum atomic E-state index is 0.0905. The van der Waals surface area contributed by atoms with Crippen LogP contribution in [0, 0.1) is 11.3 Å². The highest BCUT2D eigenvalue weighted by Crippen LogP contribution is 2.19. The van der Waals surface area contributed by atoms with Gasteiger partial charge in [-0.25, -0.2) is 0 Å². The van der Waals surface area contributed by atoms with Crippen molar-refractivity contribution < 1.29 is 4.42 Å². The maximum absolute atomic E-state index is 8.67. The van der Waals surface area contributed by atoms with Crippen molar-refractivity contribution in [2.75, 3.05) is 5.73 Å². The Kier molecular flexibility index (Phi) is 1.25. The quantitative estimate of drug-likeness (QED) is 0.628. The van der Waals surface area contributed by atoms with Crippen LogP contribution in [-0.2, 0) is 0 Å². The Hall–Kier alpha value is -2.02. The van der Waals surface area contributed by atoms with Crippen LogP contribution in [0.2, 0.25) is 0 Å². The first kappa shape index (κ1) is 6.68. The van der Waals surface area contributed by atoms with Crippen LogP contribution < -0.4 is 5.73 Å². The summed E-state index contributed by atoms with van der Waals surface area (Å²) in [5.74, 6) is 0. The van der Waals surface area contributed by atoms with Gasteiger partial charge < -0.3 is 10.2 Å². The minimum Gasteiger partial charge on any atom is -0.424 e. The van der Waals surface area contributed by atoms with Crippen LogP contribution in [0.1, 0.15) is 5.56 Å². The summed E-state index contributed by atoms with van der Waals surface area (Å²) in [5, 5.41) is 8.67. The molecule has 0 saturated heterocycles. The van der Waals surface area contributed by atoms with E-state index in [-0.39, 0.29) is 6.01 Å². The fourth-order valence-corrected chi connectivity index (χ4v) is 1.06. The van der Waals surface area contributed by atoms with Crippen molar-refractivity contribution in [3.8, 4) is 6.07 Å². The highest BCUT2D eigenvalue weighted by molar-refractivity contribution is 5.80. The van der Waals surface area contributed by atoms with E-state index < -0.39 is 0 Å². The zero-order valence-electron chi connectivity index (χ0n) is 6.11. The first-order valence-electron chi connectivity index (χ1n) is 3.36. The summed E-state index contributed by atoms with van der Waals surface area (Å²) in [5.41, 5.74) is 6.88. The maximum Gasteiger partial charge on any atom is 0.293 e. The smallest absolute Gasteiger partial charge is 0.293 e. The summed E-state index contributed by atoms with van der Waals surface area (Å²) in [7, 11) is 0. The molecular weight excluding hydrogens is 154 g/mol. The first-order chi connectivity index (χ1) is 5.81. The summed E-state index contributed by atoms with van der Waals surface area (Å²) < 4.78 is 5.03. The van der Waals surface area contributed by atoms with Gasteiger partial charge in [-0.05, 0) is 12.1 Å². The third kappa shape index (κ3) is 0.805. The Morgan fingerprint density at radius 1 is 1.50 bits per heavy atom.